The van der Waals surface area contributed by atoms with Gasteiger partial charge in [0.05, 0.1) is 19.8 Å². The van der Waals surface area contributed by atoms with Gasteiger partial charge >= 0.3 is 24.1 Å². The fraction of sp³-hybridized carbons (Fsp3) is 0.600. The normalized spacial score (nSPS) is 19.7. The van der Waals surface area contributed by atoms with Crippen LogP contribution in [0.2, 0.25) is 5.02 Å². The molecule has 0 bridgehead atoms. The summed E-state index contributed by atoms with van der Waals surface area (Å²) in [6.45, 7) is 4.21. The highest BCUT2D eigenvalue weighted by Crippen LogP contribution is 2.34. The molecule has 2 heterocycles. The Labute approximate surface area is 263 Å². The highest BCUT2D eigenvalue weighted by atomic mass is 35.5. The Morgan fingerprint density at radius 2 is 1.89 bits per heavy atom. The van der Waals surface area contributed by atoms with Gasteiger partial charge in [0, 0.05) is 68.5 Å². The third kappa shape index (κ3) is 14.4. The third-order valence-electron chi connectivity index (χ3n) is 7.35. The van der Waals surface area contributed by atoms with Crippen LogP contribution >= 0.6 is 11.6 Å². The van der Waals surface area contributed by atoms with Crippen molar-refractivity contribution in [3.8, 4) is 0 Å². The molecule has 1 aromatic carbocycles. The van der Waals surface area contributed by atoms with Crippen molar-refractivity contribution in [3.05, 3.63) is 47.0 Å². The number of aliphatic carboxylic acids is 2. The van der Waals surface area contributed by atoms with Gasteiger partial charge in [0.25, 0.3) is 0 Å². The second-order valence-electron chi connectivity index (χ2n) is 10.6. The van der Waals surface area contributed by atoms with Gasteiger partial charge in [-0.2, -0.15) is 0 Å². The van der Waals surface area contributed by atoms with Gasteiger partial charge < -0.3 is 45.3 Å². The van der Waals surface area contributed by atoms with Crippen LogP contribution in [0.5, 0.6) is 0 Å². The summed E-state index contributed by atoms with van der Waals surface area (Å²) in [5.41, 5.74) is 0.970. The van der Waals surface area contributed by atoms with Crippen LogP contribution in [0.25, 0.3) is 0 Å². The Morgan fingerprint density at radius 3 is 2.50 bits per heavy atom. The lowest BCUT2D eigenvalue weighted by atomic mass is 9.88. The molecule has 0 aromatic heterocycles. The number of likely N-dealkylation sites (N-methyl/N-ethyl adjacent to an activating group) is 1. The number of urea groups is 1. The quantitative estimate of drug-likeness (QED) is 0.159. The smallest absolute Gasteiger partial charge is 0.406 e. The molecule has 2 aliphatic heterocycles. The highest BCUT2D eigenvalue weighted by molar-refractivity contribution is 6.30. The van der Waals surface area contributed by atoms with Crippen LogP contribution in [0.15, 0.2) is 36.4 Å². The zero-order valence-corrected chi connectivity index (χ0v) is 26.1. The minimum absolute atomic E-state index is 0.0444. The van der Waals surface area contributed by atoms with Crippen molar-refractivity contribution in [2.75, 3.05) is 60.2 Å². The summed E-state index contributed by atoms with van der Waals surface area (Å²) in [4.78, 5) is 45.4. The number of nitrogens with zero attached hydrogens (tertiary/aromatic N) is 1. The molecule has 2 saturated heterocycles. The molecule has 2 fully saturated rings. The molecule has 0 unspecified atom stereocenters. The Balaban J connectivity index is 0.000000742. The standard InChI is InChI=1S/C26H41ClN4O5.C4H4O4/c1-28-23(14-19-6-5-12-35-18-19)16-30-25(32)31-11-4-8-21(17-31)24(20-7-3-9-22(27)15-20)36-13-10-29-26(33)34-2;5-3(6)1-2-4(7)8/h3,7,9,15,19,21,23-24,28H,4-6,8,10-14,16-18H2,1-2H3,(H,29,33)(H,30,32);1-2H,(H,5,6)(H,7,8)/t19-,21-,23+,24+;/m1./s1. The molecule has 2 aliphatic rings. The molecule has 14 heteroatoms. The summed E-state index contributed by atoms with van der Waals surface area (Å²) >= 11 is 6.27. The maximum atomic E-state index is 13.1. The molecule has 13 nitrogen and oxygen atoms in total. The monoisotopic (exact) mass is 640 g/mol. The molecule has 1 aromatic rings. The predicted molar refractivity (Wildman–Crippen MR) is 164 cm³/mol. The Bertz CT molecular complexity index is 1070. The number of hydrogen-bond donors (Lipinski definition) is 5. The number of rotatable bonds is 13. The number of carbonyl (C=O) groups excluding carboxylic acids is 2. The van der Waals surface area contributed by atoms with Crippen LogP contribution in [-0.2, 0) is 23.8 Å². The second-order valence-corrected chi connectivity index (χ2v) is 11.0. The first-order chi connectivity index (χ1) is 21.1. The number of likely N-dealkylation sites (tertiary alicyclic amines) is 1. The van der Waals surface area contributed by atoms with E-state index < -0.39 is 18.0 Å². The number of amides is 3. The van der Waals surface area contributed by atoms with Crippen molar-refractivity contribution in [2.45, 2.75) is 44.2 Å². The topological polar surface area (TPSA) is 176 Å². The van der Waals surface area contributed by atoms with E-state index in [-0.39, 0.29) is 24.1 Å². The first kappa shape index (κ1) is 36.8. The van der Waals surface area contributed by atoms with Crippen molar-refractivity contribution in [3.63, 3.8) is 0 Å². The number of nitrogens with one attached hydrogen (secondary N) is 3. The van der Waals surface area contributed by atoms with Crippen molar-refractivity contribution in [1.29, 1.82) is 0 Å². The summed E-state index contributed by atoms with van der Waals surface area (Å²) in [7, 11) is 3.27. The molecular weight excluding hydrogens is 596 g/mol. The Hall–Kier alpha value is -3.39. The molecule has 0 aliphatic carbocycles. The van der Waals surface area contributed by atoms with Crippen molar-refractivity contribution >= 4 is 35.7 Å². The van der Waals surface area contributed by atoms with Crippen molar-refractivity contribution < 1.29 is 43.6 Å². The van der Waals surface area contributed by atoms with Gasteiger partial charge in [0.15, 0.2) is 0 Å². The molecule has 44 heavy (non-hydrogen) atoms. The summed E-state index contributed by atoms with van der Waals surface area (Å²) in [5.74, 6) is -1.86. The van der Waals surface area contributed by atoms with Crippen molar-refractivity contribution in [1.82, 2.24) is 20.9 Å². The lowest BCUT2D eigenvalue weighted by molar-refractivity contribution is -0.134. The van der Waals surface area contributed by atoms with E-state index in [0.717, 1.165) is 51.0 Å². The van der Waals surface area contributed by atoms with Gasteiger partial charge in [-0.15, -0.1) is 0 Å². The number of benzene rings is 1. The fourth-order valence-electron chi connectivity index (χ4n) is 5.20. The first-order valence-electron chi connectivity index (χ1n) is 14.7. The maximum absolute atomic E-state index is 13.1. The van der Waals surface area contributed by atoms with Gasteiger partial charge in [-0.05, 0) is 62.8 Å². The van der Waals surface area contributed by atoms with Crippen LogP contribution in [-0.4, -0.2) is 105 Å². The molecule has 4 atom stereocenters. The van der Waals surface area contributed by atoms with Crippen LogP contribution in [0.3, 0.4) is 0 Å². The maximum Gasteiger partial charge on any atom is 0.406 e. The molecule has 246 valence electrons. The summed E-state index contributed by atoms with van der Waals surface area (Å²) < 4.78 is 16.5. The average Bonchev–Trinajstić information content (AvgIpc) is 3.02. The van der Waals surface area contributed by atoms with E-state index in [1.165, 1.54) is 13.5 Å². The molecule has 3 amide bonds. The molecule has 3 rings (SSSR count). The summed E-state index contributed by atoms with van der Waals surface area (Å²) in [6, 6.07) is 7.81. The largest absolute Gasteiger partial charge is 0.478 e. The number of piperidine rings is 1. The highest BCUT2D eigenvalue weighted by Gasteiger charge is 2.31. The average molecular weight is 641 g/mol. The Morgan fingerprint density at radius 1 is 1.14 bits per heavy atom. The number of carboxylic acids is 2. The van der Waals surface area contributed by atoms with E-state index >= 15 is 0 Å². The molecule has 0 radical (unpaired) electrons. The lowest BCUT2D eigenvalue weighted by Gasteiger charge is -2.37. The van der Waals surface area contributed by atoms with E-state index in [0.29, 0.717) is 49.3 Å². The molecular formula is C30H45ClN4O9. The number of hydrogen-bond acceptors (Lipinski definition) is 8. The number of alkyl carbamates (subject to hydrolysis) is 1. The van der Waals surface area contributed by atoms with Gasteiger partial charge in [-0.25, -0.2) is 19.2 Å². The van der Waals surface area contributed by atoms with E-state index in [9.17, 15) is 19.2 Å². The SMILES string of the molecule is CN[C@H](CNC(=O)N1CCC[C@@H]([C@@H](OCCNC(=O)OC)c2cccc(Cl)c2)C1)C[C@H]1CCCOC1.O=C(O)C=CC(=O)O. The molecule has 5 N–H and O–H groups in total. The van der Waals surface area contributed by atoms with Crippen LogP contribution in [0, 0.1) is 11.8 Å². The number of halogens is 1. The molecule has 0 saturated carbocycles. The van der Waals surface area contributed by atoms with E-state index in [2.05, 4.69) is 20.7 Å². The van der Waals surface area contributed by atoms with Crippen molar-refractivity contribution in [2.24, 2.45) is 11.8 Å². The van der Waals surface area contributed by atoms with E-state index in [1.54, 1.807) is 0 Å². The van der Waals surface area contributed by atoms with Gasteiger partial charge in [-0.3, -0.25) is 0 Å². The van der Waals surface area contributed by atoms with Gasteiger partial charge in [0.1, 0.15) is 0 Å². The third-order valence-corrected chi connectivity index (χ3v) is 7.59. The summed E-state index contributed by atoms with van der Waals surface area (Å²) in [6.07, 6.45) is 5.50. The minimum Gasteiger partial charge on any atom is -0.478 e. The minimum atomic E-state index is -1.26. The van der Waals surface area contributed by atoms with Crippen LogP contribution < -0.4 is 16.0 Å². The first-order valence-corrected chi connectivity index (χ1v) is 15.1. The number of methoxy groups -OCH3 is 1. The molecule has 0 spiro atoms. The van der Waals surface area contributed by atoms with E-state index in [4.69, 9.17) is 31.3 Å². The number of carbonyl (C=O) groups is 4. The van der Waals surface area contributed by atoms with Gasteiger partial charge in [0.2, 0.25) is 0 Å². The van der Waals surface area contributed by atoms with Crippen LogP contribution in [0.4, 0.5) is 9.59 Å². The zero-order valence-electron chi connectivity index (χ0n) is 25.3. The van der Waals surface area contributed by atoms with Crippen LogP contribution in [0.1, 0.15) is 43.8 Å². The fourth-order valence-corrected chi connectivity index (χ4v) is 5.40. The lowest BCUT2D eigenvalue weighted by Crippen LogP contribution is -2.50. The number of ether oxygens (including phenoxy) is 3. The summed E-state index contributed by atoms with van der Waals surface area (Å²) in [5, 5.41) is 25.4. The van der Waals surface area contributed by atoms with Gasteiger partial charge in [-0.1, -0.05) is 23.7 Å². The number of carboxylic acid groups (broad SMARTS) is 2. The zero-order chi connectivity index (χ0) is 32.3. The predicted octanol–water partition coefficient (Wildman–Crippen LogP) is 3.29. The Kier molecular flexibility index (Phi) is 17.2. The second kappa shape index (κ2) is 20.5. The van der Waals surface area contributed by atoms with E-state index in [1.807, 2.05) is 36.2 Å².